The molecule has 0 amide bonds. The van der Waals surface area contributed by atoms with Gasteiger partial charge < -0.3 is 14.2 Å². The molecule has 102 valence electrons. The quantitative estimate of drug-likeness (QED) is 0.798. The molecule has 0 bridgehead atoms. The summed E-state index contributed by atoms with van der Waals surface area (Å²) in [5.74, 6) is 4.85. The van der Waals surface area contributed by atoms with Gasteiger partial charge in [0.1, 0.15) is 0 Å². The van der Waals surface area contributed by atoms with E-state index >= 15 is 0 Å². The molecule has 0 aromatic heterocycles. The maximum absolute atomic E-state index is 5.49. The number of rotatable bonds is 6. The van der Waals surface area contributed by atoms with Gasteiger partial charge in [-0.1, -0.05) is 19.3 Å². The monoisotopic (exact) mass is 261 g/mol. The molecular formula is C15H19NO3. The van der Waals surface area contributed by atoms with Crippen LogP contribution in [0, 0.1) is 12.3 Å². The molecule has 1 atom stereocenters. The van der Waals surface area contributed by atoms with Crippen molar-refractivity contribution >= 4 is 0 Å². The molecular weight excluding hydrogens is 242 g/mol. The fourth-order valence-corrected chi connectivity index (χ4v) is 2.06. The standard InChI is InChI=1S/C15H19NO3/c1-4-6-12(5-2)16-9-11-7-13(17-3)15-14(8-11)18-10-19-15/h2,7-8,12,16H,4,6,9-10H2,1,3H3. The molecule has 4 nitrogen and oxygen atoms in total. The lowest BCUT2D eigenvalue weighted by atomic mass is 10.1. The Morgan fingerprint density at radius 1 is 1.47 bits per heavy atom. The maximum Gasteiger partial charge on any atom is 0.231 e. The van der Waals surface area contributed by atoms with Crippen LogP contribution in [0.5, 0.6) is 17.2 Å². The average molecular weight is 261 g/mol. The molecule has 0 fully saturated rings. The minimum Gasteiger partial charge on any atom is -0.493 e. The second-order valence-electron chi connectivity index (χ2n) is 4.42. The van der Waals surface area contributed by atoms with E-state index in [2.05, 4.69) is 18.2 Å². The topological polar surface area (TPSA) is 39.7 Å². The summed E-state index contributed by atoms with van der Waals surface area (Å²) in [5.41, 5.74) is 1.07. The summed E-state index contributed by atoms with van der Waals surface area (Å²) in [5, 5.41) is 3.34. The van der Waals surface area contributed by atoms with Crippen molar-refractivity contribution in [2.45, 2.75) is 32.4 Å². The Morgan fingerprint density at radius 3 is 3.00 bits per heavy atom. The van der Waals surface area contributed by atoms with Gasteiger partial charge in [-0.05, 0) is 24.1 Å². The lowest BCUT2D eigenvalue weighted by Crippen LogP contribution is -2.26. The van der Waals surface area contributed by atoms with Gasteiger partial charge in [-0.25, -0.2) is 0 Å². The van der Waals surface area contributed by atoms with Crippen LogP contribution in [0.3, 0.4) is 0 Å². The molecule has 19 heavy (non-hydrogen) atoms. The highest BCUT2D eigenvalue weighted by Crippen LogP contribution is 2.41. The van der Waals surface area contributed by atoms with Crippen molar-refractivity contribution in [3.8, 4) is 29.6 Å². The predicted molar refractivity (Wildman–Crippen MR) is 73.5 cm³/mol. The van der Waals surface area contributed by atoms with E-state index in [0.29, 0.717) is 18.0 Å². The maximum atomic E-state index is 5.49. The largest absolute Gasteiger partial charge is 0.493 e. The van der Waals surface area contributed by atoms with Gasteiger partial charge in [0.05, 0.1) is 13.2 Å². The van der Waals surface area contributed by atoms with E-state index in [9.17, 15) is 0 Å². The second-order valence-corrected chi connectivity index (χ2v) is 4.42. The first-order chi connectivity index (χ1) is 9.28. The Labute approximate surface area is 114 Å². The van der Waals surface area contributed by atoms with Gasteiger partial charge in [0.2, 0.25) is 12.5 Å². The highest BCUT2D eigenvalue weighted by molar-refractivity contribution is 5.55. The predicted octanol–water partition coefficient (Wildman–Crippen LogP) is 2.32. The Kier molecular flexibility index (Phi) is 4.53. The number of ether oxygens (including phenoxy) is 3. The van der Waals surface area contributed by atoms with E-state index in [1.54, 1.807) is 7.11 Å². The van der Waals surface area contributed by atoms with Crippen LogP contribution in [-0.2, 0) is 6.54 Å². The average Bonchev–Trinajstić information content (AvgIpc) is 2.90. The molecule has 0 aliphatic carbocycles. The van der Waals surface area contributed by atoms with E-state index in [1.165, 1.54) is 0 Å². The summed E-state index contributed by atoms with van der Waals surface area (Å²) in [4.78, 5) is 0. The van der Waals surface area contributed by atoms with Gasteiger partial charge >= 0.3 is 0 Å². The summed E-state index contributed by atoms with van der Waals surface area (Å²) < 4.78 is 16.1. The number of methoxy groups -OCH3 is 1. The smallest absolute Gasteiger partial charge is 0.231 e. The number of fused-ring (bicyclic) bond motifs is 1. The van der Waals surface area contributed by atoms with Crippen molar-refractivity contribution in [2.75, 3.05) is 13.9 Å². The number of terminal acetylenes is 1. The van der Waals surface area contributed by atoms with Gasteiger partial charge in [-0.3, -0.25) is 5.32 Å². The summed E-state index contributed by atoms with van der Waals surface area (Å²) in [6.45, 7) is 3.04. The van der Waals surface area contributed by atoms with Crippen molar-refractivity contribution in [1.29, 1.82) is 0 Å². The number of benzene rings is 1. The molecule has 0 spiro atoms. The van der Waals surface area contributed by atoms with Crippen molar-refractivity contribution in [3.63, 3.8) is 0 Å². The van der Waals surface area contributed by atoms with Crippen LogP contribution in [0.1, 0.15) is 25.3 Å². The van der Waals surface area contributed by atoms with Crippen LogP contribution < -0.4 is 19.5 Å². The summed E-state index contributed by atoms with van der Waals surface area (Å²) in [6.07, 6.45) is 7.52. The van der Waals surface area contributed by atoms with Crippen molar-refractivity contribution in [3.05, 3.63) is 17.7 Å². The van der Waals surface area contributed by atoms with Gasteiger partial charge in [-0.15, -0.1) is 6.42 Å². The highest BCUT2D eigenvalue weighted by Gasteiger charge is 2.20. The molecule has 1 heterocycles. The lowest BCUT2D eigenvalue weighted by Gasteiger charge is -2.13. The van der Waals surface area contributed by atoms with Crippen molar-refractivity contribution in [2.24, 2.45) is 0 Å². The van der Waals surface area contributed by atoms with E-state index in [-0.39, 0.29) is 12.8 Å². The van der Waals surface area contributed by atoms with Crippen LogP contribution in [0.4, 0.5) is 0 Å². The second kappa shape index (κ2) is 6.35. The number of hydrogen-bond acceptors (Lipinski definition) is 4. The lowest BCUT2D eigenvalue weighted by molar-refractivity contribution is 0.171. The Morgan fingerprint density at radius 2 is 2.32 bits per heavy atom. The molecule has 0 saturated heterocycles. The summed E-state index contributed by atoms with van der Waals surface area (Å²) >= 11 is 0. The third kappa shape index (κ3) is 3.12. The van der Waals surface area contributed by atoms with Crippen LogP contribution in [-0.4, -0.2) is 19.9 Å². The molecule has 0 radical (unpaired) electrons. The molecule has 1 aromatic rings. The molecule has 1 aliphatic heterocycles. The van der Waals surface area contributed by atoms with Crippen molar-refractivity contribution in [1.82, 2.24) is 5.32 Å². The zero-order chi connectivity index (χ0) is 13.7. The first kappa shape index (κ1) is 13.6. The molecule has 1 aliphatic rings. The van der Waals surface area contributed by atoms with Gasteiger partial charge in [0.15, 0.2) is 11.5 Å². The number of nitrogens with one attached hydrogen (secondary N) is 1. The Hall–Kier alpha value is -1.86. The van der Waals surface area contributed by atoms with E-state index in [0.717, 1.165) is 24.2 Å². The van der Waals surface area contributed by atoms with Gasteiger partial charge in [-0.2, -0.15) is 0 Å². The molecule has 1 aromatic carbocycles. The highest BCUT2D eigenvalue weighted by atomic mass is 16.7. The first-order valence-corrected chi connectivity index (χ1v) is 6.44. The van der Waals surface area contributed by atoms with E-state index in [1.807, 2.05) is 12.1 Å². The third-order valence-electron chi connectivity index (χ3n) is 3.05. The van der Waals surface area contributed by atoms with Crippen LogP contribution in [0.15, 0.2) is 12.1 Å². The Balaban J connectivity index is 2.07. The van der Waals surface area contributed by atoms with E-state index in [4.69, 9.17) is 20.6 Å². The van der Waals surface area contributed by atoms with Crippen LogP contribution in [0.2, 0.25) is 0 Å². The third-order valence-corrected chi connectivity index (χ3v) is 3.05. The van der Waals surface area contributed by atoms with Crippen LogP contribution >= 0.6 is 0 Å². The summed E-state index contributed by atoms with van der Waals surface area (Å²) in [7, 11) is 1.62. The van der Waals surface area contributed by atoms with E-state index < -0.39 is 0 Å². The summed E-state index contributed by atoms with van der Waals surface area (Å²) in [6, 6.07) is 4.00. The fraction of sp³-hybridized carbons (Fsp3) is 0.467. The number of hydrogen-bond donors (Lipinski definition) is 1. The normalized spacial score (nSPS) is 13.9. The molecule has 4 heteroatoms. The zero-order valence-electron chi connectivity index (χ0n) is 11.4. The SMILES string of the molecule is C#CC(CCC)NCc1cc(OC)c2c(c1)OCO2. The van der Waals surface area contributed by atoms with Gasteiger partial charge in [0, 0.05) is 6.54 Å². The van der Waals surface area contributed by atoms with Crippen LogP contribution in [0.25, 0.3) is 0 Å². The molecule has 2 rings (SSSR count). The first-order valence-electron chi connectivity index (χ1n) is 6.44. The van der Waals surface area contributed by atoms with Crippen molar-refractivity contribution < 1.29 is 14.2 Å². The Bertz CT molecular complexity index is 479. The minimum absolute atomic E-state index is 0.0985. The molecule has 1 unspecified atom stereocenters. The molecule has 1 N–H and O–H groups in total. The van der Waals surface area contributed by atoms with Gasteiger partial charge in [0.25, 0.3) is 0 Å². The minimum atomic E-state index is 0.0985. The zero-order valence-corrected chi connectivity index (χ0v) is 11.4. The fourth-order valence-electron chi connectivity index (χ4n) is 2.06. The molecule has 0 saturated carbocycles.